The molecule has 0 aliphatic rings. The third-order valence-corrected chi connectivity index (χ3v) is 4.52. The van der Waals surface area contributed by atoms with E-state index >= 15 is 0 Å². The Hall–Kier alpha value is -2.52. The van der Waals surface area contributed by atoms with Crippen LogP contribution in [0.2, 0.25) is 0 Å². The highest BCUT2D eigenvalue weighted by molar-refractivity contribution is 7.09. The maximum atomic E-state index is 13.8. The molecule has 2 aromatic rings. The van der Waals surface area contributed by atoms with E-state index in [1.54, 1.807) is 24.4 Å². The average Bonchev–Trinajstić information content (AvgIpc) is 3.15. The van der Waals surface area contributed by atoms with Gasteiger partial charge < -0.3 is 19.7 Å². The minimum atomic E-state index is -0.510. The van der Waals surface area contributed by atoms with Gasteiger partial charge in [0.25, 0.3) is 0 Å². The van der Waals surface area contributed by atoms with Gasteiger partial charge in [-0.15, -0.1) is 11.3 Å². The highest BCUT2D eigenvalue weighted by Gasteiger charge is 2.19. The predicted molar refractivity (Wildman–Crippen MR) is 105 cm³/mol. The molecule has 0 fully saturated rings. The number of halogens is 1. The van der Waals surface area contributed by atoms with Crippen molar-refractivity contribution in [2.45, 2.75) is 26.8 Å². The number of carbonyl (C=O) groups is 2. The minimum absolute atomic E-state index is 0.105. The van der Waals surface area contributed by atoms with Crippen LogP contribution in [0.1, 0.15) is 35.8 Å². The van der Waals surface area contributed by atoms with E-state index in [1.807, 2.05) is 6.92 Å². The fourth-order valence-electron chi connectivity index (χ4n) is 2.36. The van der Waals surface area contributed by atoms with Crippen LogP contribution in [0.3, 0.4) is 0 Å². The van der Waals surface area contributed by atoms with Crippen molar-refractivity contribution in [3.05, 3.63) is 46.2 Å². The van der Waals surface area contributed by atoms with Crippen molar-refractivity contribution >= 4 is 29.0 Å². The second-order valence-corrected chi connectivity index (χ2v) is 6.67. The van der Waals surface area contributed by atoms with Crippen molar-refractivity contribution < 1.29 is 23.5 Å². The van der Waals surface area contributed by atoms with Gasteiger partial charge in [-0.05, 0) is 32.4 Å². The Labute approximate surface area is 167 Å². The number of aromatic nitrogens is 1. The number of anilines is 1. The summed E-state index contributed by atoms with van der Waals surface area (Å²) in [5.41, 5.74) is 0.319. The molecule has 1 aromatic carbocycles. The van der Waals surface area contributed by atoms with Crippen LogP contribution < -0.4 is 5.32 Å². The van der Waals surface area contributed by atoms with Gasteiger partial charge in [-0.2, -0.15) is 0 Å². The summed E-state index contributed by atoms with van der Waals surface area (Å²) in [5, 5.41) is 4.76. The summed E-state index contributed by atoms with van der Waals surface area (Å²) in [6, 6.07) is 5.52. The van der Waals surface area contributed by atoms with Gasteiger partial charge in [-0.3, -0.25) is 0 Å². The van der Waals surface area contributed by atoms with Crippen molar-refractivity contribution in [2.75, 3.05) is 31.7 Å². The van der Waals surface area contributed by atoms with Gasteiger partial charge in [0.15, 0.2) is 5.69 Å². The number of thiazole rings is 1. The van der Waals surface area contributed by atoms with Gasteiger partial charge in [-0.25, -0.2) is 19.0 Å². The monoisotopic (exact) mass is 409 g/mol. The highest BCUT2D eigenvalue weighted by Crippen LogP contribution is 2.17. The molecule has 0 atom stereocenters. The van der Waals surface area contributed by atoms with Gasteiger partial charge in [0.2, 0.25) is 0 Å². The molecular weight excluding hydrogens is 385 g/mol. The Morgan fingerprint density at radius 2 is 2.04 bits per heavy atom. The summed E-state index contributed by atoms with van der Waals surface area (Å²) in [5.74, 6) is -1.01. The second-order valence-electron chi connectivity index (χ2n) is 5.73. The molecule has 0 saturated heterocycles. The molecule has 0 aliphatic carbocycles. The van der Waals surface area contributed by atoms with Gasteiger partial charge in [-0.1, -0.05) is 12.1 Å². The van der Waals surface area contributed by atoms with Crippen LogP contribution in [-0.2, 0) is 16.0 Å². The Morgan fingerprint density at radius 1 is 1.25 bits per heavy atom. The third kappa shape index (κ3) is 6.58. The van der Waals surface area contributed by atoms with E-state index in [9.17, 15) is 14.0 Å². The molecule has 0 spiro atoms. The van der Waals surface area contributed by atoms with E-state index in [4.69, 9.17) is 9.47 Å². The lowest BCUT2D eigenvalue weighted by Crippen LogP contribution is -2.36. The molecule has 0 bridgehead atoms. The maximum Gasteiger partial charge on any atom is 0.357 e. The van der Waals surface area contributed by atoms with Gasteiger partial charge in [0.05, 0.1) is 18.8 Å². The molecule has 2 amide bonds. The number of benzene rings is 1. The number of ether oxygens (including phenoxy) is 2. The van der Waals surface area contributed by atoms with Crippen LogP contribution in [0, 0.1) is 5.82 Å². The quantitative estimate of drug-likeness (QED) is 0.475. The van der Waals surface area contributed by atoms with E-state index in [0.29, 0.717) is 31.2 Å². The van der Waals surface area contributed by atoms with Crippen molar-refractivity contribution in [3.63, 3.8) is 0 Å². The average molecular weight is 409 g/mol. The van der Waals surface area contributed by atoms with Gasteiger partial charge >= 0.3 is 12.0 Å². The van der Waals surface area contributed by atoms with Crippen LogP contribution in [-0.4, -0.2) is 48.2 Å². The third-order valence-electron chi connectivity index (χ3n) is 3.69. The molecule has 7 nitrogen and oxygen atoms in total. The van der Waals surface area contributed by atoms with E-state index in [2.05, 4.69) is 10.3 Å². The number of hydrogen-bond acceptors (Lipinski definition) is 6. The fourth-order valence-corrected chi connectivity index (χ4v) is 3.13. The lowest BCUT2D eigenvalue weighted by molar-refractivity contribution is 0.0520. The van der Waals surface area contributed by atoms with Crippen molar-refractivity contribution in [1.29, 1.82) is 0 Å². The number of hydrogen-bond donors (Lipinski definition) is 1. The van der Waals surface area contributed by atoms with Crippen LogP contribution in [0.25, 0.3) is 0 Å². The van der Waals surface area contributed by atoms with Gasteiger partial charge in [0.1, 0.15) is 10.8 Å². The van der Waals surface area contributed by atoms with E-state index in [-0.39, 0.29) is 24.5 Å². The molecule has 0 radical (unpaired) electrons. The first-order valence-corrected chi connectivity index (χ1v) is 9.92. The second kappa shape index (κ2) is 11.4. The predicted octanol–water partition coefficient (Wildman–Crippen LogP) is 3.92. The topological polar surface area (TPSA) is 80.8 Å². The molecule has 9 heteroatoms. The number of nitrogens with one attached hydrogen (secondary N) is 1. The number of para-hydroxylation sites is 1. The number of nitrogens with zero attached hydrogens (tertiary/aromatic N) is 2. The lowest BCUT2D eigenvalue weighted by Gasteiger charge is -2.22. The Morgan fingerprint density at radius 3 is 2.75 bits per heavy atom. The SMILES string of the molecule is CCOCCCN(Cc1nc(C(=O)OCC)cs1)C(=O)Nc1ccccc1F. The van der Waals surface area contributed by atoms with E-state index < -0.39 is 17.8 Å². The number of rotatable bonds is 10. The number of carbonyl (C=O) groups excluding carboxylic acids is 2. The zero-order chi connectivity index (χ0) is 20.4. The van der Waals surface area contributed by atoms with Gasteiger partial charge in [0, 0.05) is 25.1 Å². The summed E-state index contributed by atoms with van der Waals surface area (Å²) in [6.45, 7) is 5.57. The Kier molecular flexibility index (Phi) is 8.83. The van der Waals surface area contributed by atoms with Crippen LogP contribution >= 0.6 is 11.3 Å². The molecule has 0 aliphatic heterocycles. The first-order valence-electron chi connectivity index (χ1n) is 9.04. The first-order chi connectivity index (χ1) is 13.5. The number of esters is 1. The summed E-state index contributed by atoms with van der Waals surface area (Å²) < 4.78 is 24.1. The number of urea groups is 1. The number of amides is 2. The smallest absolute Gasteiger partial charge is 0.357 e. The molecule has 1 N–H and O–H groups in total. The first kappa shape index (κ1) is 21.8. The molecule has 0 saturated carbocycles. The standard InChI is InChI=1S/C19H24FN3O4S/c1-3-26-11-7-10-23(19(25)22-15-9-6-5-8-14(15)20)12-17-21-16(13-28-17)18(24)27-4-2/h5-6,8-9,13H,3-4,7,10-12H2,1-2H3,(H,22,25). The summed E-state index contributed by atoms with van der Waals surface area (Å²) in [7, 11) is 0. The largest absolute Gasteiger partial charge is 0.461 e. The molecular formula is C19H24FN3O4S. The summed E-state index contributed by atoms with van der Waals surface area (Å²) in [6.07, 6.45) is 0.620. The van der Waals surface area contributed by atoms with E-state index in [1.165, 1.54) is 28.4 Å². The molecule has 152 valence electrons. The normalized spacial score (nSPS) is 10.5. The van der Waals surface area contributed by atoms with Crippen molar-refractivity contribution in [1.82, 2.24) is 9.88 Å². The van der Waals surface area contributed by atoms with Crippen molar-refractivity contribution in [2.24, 2.45) is 0 Å². The molecule has 0 unspecified atom stereocenters. The van der Waals surface area contributed by atoms with Crippen molar-refractivity contribution in [3.8, 4) is 0 Å². The molecule has 1 heterocycles. The summed E-state index contributed by atoms with van der Waals surface area (Å²) in [4.78, 5) is 30.2. The van der Waals surface area contributed by atoms with E-state index in [0.717, 1.165) is 0 Å². The Balaban J connectivity index is 2.06. The zero-order valence-corrected chi connectivity index (χ0v) is 16.8. The lowest BCUT2D eigenvalue weighted by atomic mass is 10.3. The molecule has 2 rings (SSSR count). The Bertz CT molecular complexity index is 784. The minimum Gasteiger partial charge on any atom is -0.461 e. The fraction of sp³-hybridized carbons (Fsp3) is 0.421. The highest BCUT2D eigenvalue weighted by atomic mass is 32.1. The van der Waals surface area contributed by atoms with Crippen LogP contribution in [0.5, 0.6) is 0 Å². The zero-order valence-electron chi connectivity index (χ0n) is 15.9. The molecule has 28 heavy (non-hydrogen) atoms. The van der Waals surface area contributed by atoms with Crippen LogP contribution in [0.15, 0.2) is 29.6 Å². The van der Waals surface area contributed by atoms with Crippen LogP contribution in [0.4, 0.5) is 14.9 Å². The molecule has 1 aromatic heterocycles. The maximum absolute atomic E-state index is 13.8. The summed E-state index contributed by atoms with van der Waals surface area (Å²) >= 11 is 1.26.